The van der Waals surface area contributed by atoms with Crippen LogP contribution in [0.1, 0.15) is 12.8 Å². The number of rotatable bonds is 3. The van der Waals surface area contributed by atoms with E-state index in [0.717, 1.165) is 12.8 Å². The Balaban J connectivity index is 0. The van der Waals surface area contributed by atoms with Gasteiger partial charge in [0.05, 0.1) is 0 Å². The molecule has 0 radical (unpaired) electrons. The van der Waals surface area contributed by atoms with Gasteiger partial charge in [-0.05, 0) is 0 Å². The first-order valence-electron chi connectivity index (χ1n) is 2.45. The average molecular weight is 535 g/mol. The Morgan fingerprint density at radius 2 is 1.22 bits per heavy atom. The van der Waals surface area contributed by atoms with Gasteiger partial charge in [0.1, 0.15) is 0 Å². The van der Waals surface area contributed by atoms with E-state index in [-0.39, 0.29) is 0 Å². The van der Waals surface area contributed by atoms with Gasteiger partial charge < -0.3 is 11.5 Å². The van der Waals surface area contributed by atoms with Crippen molar-refractivity contribution in [2.24, 2.45) is 0 Å². The van der Waals surface area contributed by atoms with E-state index in [1.165, 1.54) is 0 Å². The van der Waals surface area contributed by atoms with Crippen LogP contribution in [0.5, 0.6) is 0 Å². The van der Waals surface area contributed by atoms with Gasteiger partial charge in [-0.1, -0.05) is 12.8 Å². The van der Waals surface area contributed by atoms with Crippen LogP contribution in [0, 0.1) is 0 Å². The minimum Gasteiger partial charge on any atom is -0.677 e. The number of hydrogen-bond acceptors (Lipinski definition) is 0. The summed E-state index contributed by atoms with van der Waals surface area (Å²) in [4.78, 5) is 0. The predicted molar refractivity (Wildman–Crippen MR) is 55.7 cm³/mol. The fraction of sp³-hybridized carbons (Fsp3) is 1.00. The van der Waals surface area contributed by atoms with E-state index in [4.69, 9.17) is 11.5 Å². The standard InChI is InChI=1S/C4H10N2.2HI.Pt/c5-3-1-2-4-6;;;/h5-6H,1-4H2;2*1H;/q-2;;;+4/p-2. The maximum atomic E-state index is 6.62. The molecule has 0 rings (SSSR count). The number of hydrogen-bond donors (Lipinski definition) is 0. The van der Waals surface area contributed by atoms with Crippen LogP contribution in [0.25, 0.3) is 11.5 Å². The van der Waals surface area contributed by atoms with E-state index < -0.39 is 0 Å². The van der Waals surface area contributed by atoms with E-state index >= 15 is 0 Å². The van der Waals surface area contributed by atoms with Crippen LogP contribution in [0.4, 0.5) is 0 Å². The third-order valence-electron chi connectivity index (χ3n) is 0.604. The Morgan fingerprint density at radius 1 is 1.00 bits per heavy atom. The molecule has 0 aromatic carbocycles. The van der Waals surface area contributed by atoms with Crippen LogP contribution >= 0.6 is 38.7 Å². The second kappa shape index (κ2) is 16.6. The molecule has 0 amide bonds. The fourth-order valence-corrected chi connectivity index (χ4v) is 0.250. The fourth-order valence-electron chi connectivity index (χ4n) is 0.250. The van der Waals surface area contributed by atoms with E-state index in [1.54, 1.807) is 0 Å². The van der Waals surface area contributed by atoms with Crippen molar-refractivity contribution < 1.29 is 11.2 Å². The Hall–Kier alpha value is 2.07. The number of unbranched alkanes of at least 4 members (excludes halogenated alkanes) is 1. The molecule has 0 fully saturated rings. The van der Waals surface area contributed by atoms with E-state index in [2.05, 4.69) is 38.7 Å². The van der Waals surface area contributed by atoms with E-state index in [1.807, 2.05) is 0 Å². The molecule has 0 spiro atoms. The topological polar surface area (TPSA) is 47.6 Å². The summed E-state index contributed by atoms with van der Waals surface area (Å²) in [6.07, 6.45) is 1.78. The van der Waals surface area contributed by atoms with Crippen molar-refractivity contribution in [3.8, 4) is 0 Å². The van der Waals surface area contributed by atoms with Gasteiger partial charge in [0, 0.05) is 0 Å². The molecule has 9 heavy (non-hydrogen) atoms. The van der Waals surface area contributed by atoms with Crippen LogP contribution in [0.15, 0.2) is 0 Å². The molecule has 0 aliphatic carbocycles. The smallest absolute Gasteiger partial charge is 0.0741 e. The van der Waals surface area contributed by atoms with Crippen molar-refractivity contribution >= 4 is 38.7 Å². The van der Waals surface area contributed by atoms with E-state index in [0.29, 0.717) is 24.3 Å². The molecule has 0 atom stereocenters. The third-order valence-corrected chi connectivity index (χ3v) is 0.604. The zero-order chi connectivity index (χ0) is 7.54. The molecular formula is C4H10I2N2Pt. The van der Waals surface area contributed by atoms with Crippen LogP contribution in [0.3, 0.4) is 0 Å². The molecule has 0 bridgehead atoms. The van der Waals surface area contributed by atoms with Crippen LogP contribution in [-0.2, 0) is 11.2 Å². The quantitative estimate of drug-likeness (QED) is 0.392. The van der Waals surface area contributed by atoms with Gasteiger partial charge in [-0.2, -0.15) is 13.1 Å². The molecule has 0 aliphatic heterocycles. The van der Waals surface area contributed by atoms with Crippen molar-refractivity contribution in [2.75, 3.05) is 13.1 Å². The molecule has 5 heteroatoms. The summed E-state index contributed by atoms with van der Waals surface area (Å²) in [6, 6.07) is 0. The summed E-state index contributed by atoms with van der Waals surface area (Å²) in [5.74, 6) is 0. The van der Waals surface area contributed by atoms with Gasteiger partial charge in [0.2, 0.25) is 0 Å². The molecule has 0 aromatic heterocycles. The van der Waals surface area contributed by atoms with Crippen LogP contribution < -0.4 is 0 Å². The van der Waals surface area contributed by atoms with Crippen molar-refractivity contribution in [1.29, 1.82) is 0 Å². The molecule has 0 saturated carbocycles. The third kappa shape index (κ3) is 25.5. The van der Waals surface area contributed by atoms with Crippen molar-refractivity contribution in [1.82, 2.24) is 0 Å². The average Bonchev–Trinajstić information content (AvgIpc) is 1.86. The zero-order valence-electron chi connectivity index (χ0n) is 4.90. The van der Waals surface area contributed by atoms with Crippen LogP contribution in [-0.4, -0.2) is 13.1 Å². The van der Waals surface area contributed by atoms with Crippen molar-refractivity contribution in [3.05, 3.63) is 11.5 Å². The first kappa shape index (κ1) is 13.6. The summed E-state index contributed by atoms with van der Waals surface area (Å²) in [5.41, 5.74) is 13.2. The molecule has 0 heterocycles. The molecule has 2 nitrogen and oxygen atoms in total. The van der Waals surface area contributed by atoms with Gasteiger partial charge in [0.15, 0.2) is 0 Å². The van der Waals surface area contributed by atoms with Gasteiger partial charge in [0.25, 0.3) is 0 Å². The first-order valence-corrected chi connectivity index (χ1v) is 15.3. The Morgan fingerprint density at radius 3 is 1.33 bits per heavy atom. The predicted octanol–water partition coefficient (Wildman–Crippen LogP) is 3.64. The number of nitrogens with one attached hydrogen (secondary N) is 2. The summed E-state index contributed by atoms with van der Waals surface area (Å²) in [5, 5.41) is 0. The largest absolute Gasteiger partial charge is 0.677 e. The Labute approximate surface area is 86.1 Å². The van der Waals surface area contributed by atoms with Gasteiger partial charge >= 0.3 is 49.9 Å². The zero-order valence-corrected chi connectivity index (χ0v) is 11.5. The van der Waals surface area contributed by atoms with Crippen molar-refractivity contribution in [2.45, 2.75) is 12.8 Å². The minimum absolute atomic E-state index is 0.485. The Bertz CT molecular complexity index is 35.7. The maximum Gasteiger partial charge on any atom is -0.0741 e. The maximum absolute atomic E-state index is 6.62. The van der Waals surface area contributed by atoms with Crippen LogP contribution in [0.2, 0.25) is 0 Å². The SMILES string of the molecule is [I][Pt+2][I].[NH-]CCCC[NH-]. The van der Waals surface area contributed by atoms with Gasteiger partial charge in [-0.25, -0.2) is 0 Å². The minimum atomic E-state index is 0.485. The summed E-state index contributed by atoms with van der Waals surface area (Å²) in [6.45, 7) is 0.970. The first-order chi connectivity index (χ1) is 4.33. The second-order valence-corrected chi connectivity index (χ2v) is 17.8. The molecule has 0 saturated heterocycles. The monoisotopic (exact) mass is 535 g/mol. The molecule has 60 valence electrons. The van der Waals surface area contributed by atoms with Crippen molar-refractivity contribution in [3.63, 3.8) is 0 Å². The molecule has 2 N–H and O–H groups in total. The Kier molecular flexibility index (Phi) is 25.1. The molecule has 0 unspecified atom stereocenters. The molecule has 0 aromatic rings. The van der Waals surface area contributed by atoms with Gasteiger partial charge in [-0.3, -0.25) is 0 Å². The summed E-state index contributed by atoms with van der Waals surface area (Å²) in [7, 11) is 0. The normalized spacial score (nSPS) is 8.44. The van der Waals surface area contributed by atoms with E-state index in [9.17, 15) is 0 Å². The molecular weight excluding hydrogens is 525 g/mol. The number of halogens is 2. The molecule has 0 aliphatic rings. The van der Waals surface area contributed by atoms with Gasteiger partial charge in [-0.15, -0.1) is 0 Å². The summed E-state index contributed by atoms with van der Waals surface area (Å²) >= 11 is 5.30. The summed E-state index contributed by atoms with van der Waals surface area (Å²) < 4.78 is 0. The second-order valence-electron chi connectivity index (χ2n) is 1.25.